The smallest absolute Gasteiger partial charge is 0.127 e. The highest BCUT2D eigenvalue weighted by Crippen LogP contribution is 2.27. The molecule has 3 heteroatoms. The van der Waals surface area contributed by atoms with Gasteiger partial charge in [0.2, 0.25) is 0 Å². The molecule has 2 nitrogen and oxygen atoms in total. The standard InChI is InChI=1S/C16H17FN2/c17-14-8-2-1-5-13(14)11-19-15-9-3-6-12-7-4-10-18-16(12)15/h1-2,4-5,7-8,10,15,19H,3,6,9,11H2. The fourth-order valence-electron chi connectivity index (χ4n) is 2.68. The number of pyridine rings is 1. The van der Waals surface area contributed by atoms with Crippen LogP contribution in [-0.4, -0.2) is 4.98 Å². The fourth-order valence-corrected chi connectivity index (χ4v) is 2.68. The Labute approximate surface area is 112 Å². The Hall–Kier alpha value is -1.74. The highest BCUT2D eigenvalue weighted by molar-refractivity contribution is 5.26. The van der Waals surface area contributed by atoms with Gasteiger partial charge in [-0.2, -0.15) is 0 Å². The number of benzene rings is 1. The molecule has 1 atom stereocenters. The van der Waals surface area contributed by atoms with Gasteiger partial charge in [0.25, 0.3) is 0 Å². The molecule has 1 aliphatic carbocycles. The third kappa shape index (κ3) is 2.66. The summed E-state index contributed by atoms with van der Waals surface area (Å²) in [5.41, 5.74) is 3.16. The van der Waals surface area contributed by atoms with Crippen molar-refractivity contribution in [2.75, 3.05) is 0 Å². The molecule has 19 heavy (non-hydrogen) atoms. The topological polar surface area (TPSA) is 24.9 Å². The summed E-state index contributed by atoms with van der Waals surface area (Å²) in [5, 5.41) is 3.43. The van der Waals surface area contributed by atoms with Crippen molar-refractivity contribution in [3.05, 3.63) is 65.2 Å². The van der Waals surface area contributed by atoms with E-state index in [2.05, 4.69) is 16.4 Å². The Bertz CT molecular complexity index is 568. The zero-order chi connectivity index (χ0) is 13.1. The maximum Gasteiger partial charge on any atom is 0.127 e. The van der Waals surface area contributed by atoms with Crippen LogP contribution in [0.15, 0.2) is 42.6 Å². The number of nitrogens with one attached hydrogen (secondary N) is 1. The number of hydrogen-bond acceptors (Lipinski definition) is 2. The van der Waals surface area contributed by atoms with Crippen LogP contribution in [0.3, 0.4) is 0 Å². The van der Waals surface area contributed by atoms with E-state index in [0.717, 1.165) is 25.0 Å². The summed E-state index contributed by atoms with van der Waals surface area (Å²) < 4.78 is 13.6. The molecule has 0 fully saturated rings. The third-order valence-corrected chi connectivity index (χ3v) is 3.69. The lowest BCUT2D eigenvalue weighted by Gasteiger charge is -2.25. The van der Waals surface area contributed by atoms with Crippen molar-refractivity contribution in [1.82, 2.24) is 10.3 Å². The van der Waals surface area contributed by atoms with E-state index in [1.54, 1.807) is 6.07 Å². The van der Waals surface area contributed by atoms with E-state index >= 15 is 0 Å². The van der Waals surface area contributed by atoms with Crippen molar-refractivity contribution in [3.63, 3.8) is 0 Å². The van der Waals surface area contributed by atoms with Crippen LogP contribution in [0.25, 0.3) is 0 Å². The minimum Gasteiger partial charge on any atom is -0.304 e. The van der Waals surface area contributed by atoms with Crippen LogP contribution in [0.2, 0.25) is 0 Å². The van der Waals surface area contributed by atoms with E-state index in [-0.39, 0.29) is 11.9 Å². The summed E-state index contributed by atoms with van der Waals surface area (Å²) >= 11 is 0. The number of nitrogens with zero attached hydrogens (tertiary/aromatic N) is 1. The van der Waals surface area contributed by atoms with Gasteiger partial charge in [0.15, 0.2) is 0 Å². The van der Waals surface area contributed by atoms with Gasteiger partial charge >= 0.3 is 0 Å². The van der Waals surface area contributed by atoms with E-state index in [1.165, 1.54) is 11.6 Å². The molecule has 1 N–H and O–H groups in total. The monoisotopic (exact) mass is 256 g/mol. The molecule has 0 saturated heterocycles. The molecule has 98 valence electrons. The number of rotatable bonds is 3. The molecule has 1 unspecified atom stereocenters. The van der Waals surface area contributed by atoms with Gasteiger partial charge in [-0.3, -0.25) is 4.98 Å². The lowest BCUT2D eigenvalue weighted by Crippen LogP contribution is -2.26. The van der Waals surface area contributed by atoms with Crippen molar-refractivity contribution in [1.29, 1.82) is 0 Å². The second-order valence-corrected chi connectivity index (χ2v) is 4.96. The summed E-state index contributed by atoms with van der Waals surface area (Å²) in [5.74, 6) is -0.146. The summed E-state index contributed by atoms with van der Waals surface area (Å²) in [6, 6.07) is 11.3. The second-order valence-electron chi connectivity index (χ2n) is 4.96. The van der Waals surface area contributed by atoms with Crippen LogP contribution < -0.4 is 5.32 Å². The van der Waals surface area contributed by atoms with Crippen LogP contribution in [0, 0.1) is 5.82 Å². The maximum absolute atomic E-state index is 13.6. The van der Waals surface area contributed by atoms with Crippen molar-refractivity contribution in [3.8, 4) is 0 Å². The van der Waals surface area contributed by atoms with Crippen molar-refractivity contribution in [2.24, 2.45) is 0 Å². The van der Waals surface area contributed by atoms with Gasteiger partial charge < -0.3 is 5.32 Å². The van der Waals surface area contributed by atoms with Gasteiger partial charge in [0.1, 0.15) is 5.82 Å². The molecule has 0 aliphatic heterocycles. The van der Waals surface area contributed by atoms with Crippen LogP contribution in [0.4, 0.5) is 4.39 Å². The predicted octanol–water partition coefficient (Wildman–Crippen LogP) is 3.39. The highest BCUT2D eigenvalue weighted by atomic mass is 19.1. The molecule has 1 aromatic carbocycles. The van der Waals surface area contributed by atoms with Crippen molar-refractivity contribution in [2.45, 2.75) is 31.8 Å². The molecule has 1 aliphatic rings. The minimum absolute atomic E-state index is 0.146. The fraction of sp³-hybridized carbons (Fsp3) is 0.312. The molecule has 1 heterocycles. The Kier molecular flexibility index (Phi) is 3.56. The molecule has 0 radical (unpaired) electrons. The zero-order valence-corrected chi connectivity index (χ0v) is 10.8. The molecule has 1 aromatic heterocycles. The van der Waals surface area contributed by atoms with Crippen LogP contribution in [-0.2, 0) is 13.0 Å². The molecule has 0 saturated carbocycles. The van der Waals surface area contributed by atoms with Crippen LogP contribution in [0.5, 0.6) is 0 Å². The first-order valence-electron chi connectivity index (χ1n) is 6.75. The number of halogens is 1. The Morgan fingerprint density at radius 3 is 3.00 bits per heavy atom. The summed E-state index contributed by atoms with van der Waals surface area (Å²) in [6.45, 7) is 0.549. The minimum atomic E-state index is -0.146. The Morgan fingerprint density at radius 2 is 2.11 bits per heavy atom. The molecule has 0 amide bonds. The number of fused-ring (bicyclic) bond motifs is 1. The van der Waals surface area contributed by atoms with E-state index in [0.29, 0.717) is 12.1 Å². The van der Waals surface area contributed by atoms with Gasteiger partial charge in [-0.05, 0) is 37.0 Å². The molecule has 0 bridgehead atoms. The third-order valence-electron chi connectivity index (χ3n) is 3.69. The zero-order valence-electron chi connectivity index (χ0n) is 10.8. The van der Waals surface area contributed by atoms with Crippen molar-refractivity contribution < 1.29 is 4.39 Å². The van der Waals surface area contributed by atoms with E-state index in [9.17, 15) is 4.39 Å². The normalized spacial score (nSPS) is 18.1. The molecule has 3 rings (SSSR count). The molecular formula is C16H17FN2. The first-order chi connectivity index (χ1) is 9.34. The SMILES string of the molecule is Fc1ccccc1CNC1CCCc2cccnc21. The van der Waals surface area contributed by atoms with Crippen LogP contribution >= 0.6 is 0 Å². The molecular weight excluding hydrogens is 239 g/mol. The second kappa shape index (κ2) is 5.49. The van der Waals surface area contributed by atoms with Gasteiger partial charge in [-0.15, -0.1) is 0 Å². The van der Waals surface area contributed by atoms with Crippen LogP contribution in [0.1, 0.15) is 35.7 Å². The number of aryl methyl sites for hydroxylation is 1. The summed E-state index contributed by atoms with van der Waals surface area (Å²) in [7, 11) is 0. The molecule has 0 spiro atoms. The van der Waals surface area contributed by atoms with Gasteiger partial charge in [-0.1, -0.05) is 24.3 Å². The van der Waals surface area contributed by atoms with Gasteiger partial charge in [-0.25, -0.2) is 4.39 Å². The number of hydrogen-bond donors (Lipinski definition) is 1. The number of aromatic nitrogens is 1. The van der Waals surface area contributed by atoms with E-state index in [1.807, 2.05) is 24.4 Å². The average Bonchev–Trinajstić information content (AvgIpc) is 2.46. The largest absolute Gasteiger partial charge is 0.304 e. The first kappa shape index (κ1) is 12.3. The summed E-state index contributed by atoms with van der Waals surface area (Å²) in [4.78, 5) is 4.48. The molecule has 2 aromatic rings. The van der Waals surface area contributed by atoms with E-state index < -0.39 is 0 Å². The Balaban J connectivity index is 1.73. The lowest BCUT2D eigenvalue weighted by molar-refractivity contribution is 0.442. The predicted molar refractivity (Wildman–Crippen MR) is 73.2 cm³/mol. The maximum atomic E-state index is 13.6. The quantitative estimate of drug-likeness (QED) is 0.910. The summed E-state index contributed by atoms with van der Waals surface area (Å²) in [6.07, 6.45) is 5.16. The highest BCUT2D eigenvalue weighted by Gasteiger charge is 2.20. The van der Waals surface area contributed by atoms with E-state index in [4.69, 9.17) is 0 Å². The lowest BCUT2D eigenvalue weighted by atomic mass is 9.92. The van der Waals surface area contributed by atoms with Crippen molar-refractivity contribution >= 4 is 0 Å². The Morgan fingerprint density at radius 1 is 1.21 bits per heavy atom. The average molecular weight is 256 g/mol. The van der Waals surface area contributed by atoms with Gasteiger partial charge in [0.05, 0.1) is 11.7 Å². The van der Waals surface area contributed by atoms with Gasteiger partial charge in [0, 0.05) is 18.3 Å². The first-order valence-corrected chi connectivity index (χ1v) is 6.75.